The van der Waals surface area contributed by atoms with E-state index < -0.39 is 50.2 Å². The van der Waals surface area contributed by atoms with E-state index in [1.165, 1.54) is 18.3 Å². The number of nitrogens with zero attached hydrogens (tertiary/aromatic N) is 5. The third kappa shape index (κ3) is 10.5. The lowest BCUT2D eigenvalue weighted by atomic mass is 10.0. The molecule has 0 N–H and O–H groups in total. The lowest BCUT2D eigenvalue weighted by Crippen LogP contribution is -2.45. The van der Waals surface area contributed by atoms with Crippen LogP contribution in [0.15, 0.2) is 70.2 Å². The van der Waals surface area contributed by atoms with Gasteiger partial charge >= 0.3 is 18.3 Å². The summed E-state index contributed by atoms with van der Waals surface area (Å²) in [7, 11) is -3.54. The molecule has 1 saturated heterocycles. The van der Waals surface area contributed by atoms with E-state index in [9.17, 15) is 22.8 Å². The predicted molar refractivity (Wildman–Crippen MR) is 212 cm³/mol. The van der Waals surface area contributed by atoms with Crippen molar-refractivity contribution in [3.8, 4) is 34.0 Å². The number of carbonyl (C=O) groups excluding carboxylic acids is 3. The number of carbonyl (C=O) groups is 3. The summed E-state index contributed by atoms with van der Waals surface area (Å²) >= 11 is 0. The van der Waals surface area contributed by atoms with Crippen LogP contribution in [-0.4, -0.2) is 88.5 Å². The van der Waals surface area contributed by atoms with Crippen molar-refractivity contribution in [2.75, 3.05) is 24.7 Å². The van der Waals surface area contributed by atoms with Crippen molar-refractivity contribution >= 4 is 33.9 Å². The number of benzene rings is 2. The highest BCUT2D eigenvalue weighted by atomic mass is 32.2. The number of sulfone groups is 1. The monoisotopic (exact) mass is 805 g/mol. The van der Waals surface area contributed by atoms with Crippen molar-refractivity contribution < 1.29 is 46.3 Å². The van der Waals surface area contributed by atoms with Gasteiger partial charge in [-0.15, -0.1) is 0 Å². The van der Waals surface area contributed by atoms with E-state index in [4.69, 9.17) is 28.5 Å². The number of anilines is 1. The van der Waals surface area contributed by atoms with Crippen LogP contribution in [0.5, 0.6) is 0 Å². The molecule has 0 saturated carbocycles. The van der Waals surface area contributed by atoms with Crippen LogP contribution in [0.1, 0.15) is 87.8 Å². The van der Waals surface area contributed by atoms with E-state index in [0.29, 0.717) is 41.5 Å². The fourth-order valence-corrected chi connectivity index (χ4v) is 6.68. The van der Waals surface area contributed by atoms with Crippen LogP contribution in [0.4, 0.5) is 20.2 Å². The maximum absolute atomic E-state index is 13.7. The van der Waals surface area contributed by atoms with E-state index in [2.05, 4.69) is 10.1 Å². The molecular weight excluding hydrogens is 755 g/mol. The minimum Gasteiger partial charge on any atom is -0.444 e. The first-order valence-corrected chi connectivity index (χ1v) is 20.1. The Kier molecular flexibility index (Phi) is 12.2. The maximum atomic E-state index is 13.7. The Balaban J connectivity index is 1.57. The van der Waals surface area contributed by atoms with Crippen molar-refractivity contribution in [2.45, 2.75) is 109 Å². The standard InChI is InChI=1S/C41H51N5O10S/c1-25(2)57(50,51)29-18-16-27(17-19-29)31-23-42-35(46(37(48)54-40(6,7)8)38(49)55-41(9,10)11)34(43-31)33-22-30(44-56-33)26-12-14-28(15-13-26)32-24-52-21-20-45(32)36(47)53-39(3,4)5/h12-19,22-23,25,32H,20-21,24H2,1-11H3/t32-/m0/s1. The highest BCUT2D eigenvalue weighted by molar-refractivity contribution is 7.92. The number of rotatable bonds is 7. The van der Waals surface area contributed by atoms with Gasteiger partial charge in [-0.1, -0.05) is 41.6 Å². The summed E-state index contributed by atoms with van der Waals surface area (Å²) in [4.78, 5) is 52.3. The summed E-state index contributed by atoms with van der Waals surface area (Å²) in [5.41, 5.74) is -0.0531. The van der Waals surface area contributed by atoms with Gasteiger partial charge in [-0.3, -0.25) is 4.90 Å². The van der Waals surface area contributed by atoms with Gasteiger partial charge in [0.2, 0.25) is 0 Å². The van der Waals surface area contributed by atoms with Crippen LogP contribution >= 0.6 is 0 Å². The van der Waals surface area contributed by atoms with Crippen LogP contribution in [0.3, 0.4) is 0 Å². The summed E-state index contributed by atoms with van der Waals surface area (Å²) in [6.07, 6.45) is -1.21. The Morgan fingerprint density at radius 3 is 1.89 bits per heavy atom. The zero-order valence-corrected chi connectivity index (χ0v) is 35.1. The Bertz CT molecular complexity index is 2170. The fourth-order valence-electron chi connectivity index (χ4n) is 5.62. The second kappa shape index (κ2) is 16.3. The highest BCUT2D eigenvalue weighted by Crippen LogP contribution is 2.35. The molecule has 5 rings (SSSR count). The third-order valence-corrected chi connectivity index (χ3v) is 10.5. The van der Waals surface area contributed by atoms with Crippen molar-refractivity contribution in [3.05, 3.63) is 66.4 Å². The predicted octanol–water partition coefficient (Wildman–Crippen LogP) is 8.63. The molecule has 3 amide bonds. The quantitative estimate of drug-likeness (QED) is 0.162. The second-order valence-corrected chi connectivity index (χ2v) is 19.3. The van der Waals surface area contributed by atoms with E-state index in [0.717, 1.165) is 5.56 Å². The van der Waals surface area contributed by atoms with Crippen molar-refractivity contribution in [3.63, 3.8) is 0 Å². The molecule has 0 bridgehead atoms. The summed E-state index contributed by atoms with van der Waals surface area (Å²) in [5.74, 6) is -0.204. The smallest absolute Gasteiger partial charge is 0.425 e. The molecule has 0 radical (unpaired) electrons. The lowest BCUT2D eigenvalue weighted by molar-refractivity contribution is -0.0331. The molecule has 1 atom stereocenters. The zero-order chi connectivity index (χ0) is 42.1. The number of amides is 3. The molecule has 4 aromatic rings. The average Bonchev–Trinajstić information content (AvgIpc) is 3.60. The fraction of sp³-hybridized carbons (Fsp3) is 0.463. The molecule has 0 aliphatic carbocycles. The van der Waals surface area contributed by atoms with Crippen LogP contribution < -0.4 is 4.90 Å². The molecule has 1 aliphatic rings. The molecule has 2 aromatic heterocycles. The number of hydrogen-bond donors (Lipinski definition) is 0. The molecule has 15 nitrogen and oxygen atoms in total. The number of ether oxygens (including phenoxy) is 4. The number of imide groups is 1. The first kappa shape index (κ1) is 42.8. The van der Waals surface area contributed by atoms with Gasteiger partial charge in [0.25, 0.3) is 0 Å². The van der Waals surface area contributed by atoms with Crippen LogP contribution in [0.25, 0.3) is 34.0 Å². The largest absolute Gasteiger partial charge is 0.444 e. The number of hydrogen-bond acceptors (Lipinski definition) is 13. The third-order valence-electron chi connectivity index (χ3n) is 8.31. The van der Waals surface area contributed by atoms with Gasteiger partial charge in [-0.25, -0.2) is 32.8 Å². The molecule has 0 unspecified atom stereocenters. The summed E-state index contributed by atoms with van der Waals surface area (Å²) in [6, 6.07) is 14.7. The molecular formula is C41H51N5O10S. The second-order valence-electron chi connectivity index (χ2n) is 16.8. The van der Waals surface area contributed by atoms with Gasteiger partial charge in [0.1, 0.15) is 22.5 Å². The zero-order valence-electron chi connectivity index (χ0n) is 34.3. The van der Waals surface area contributed by atoms with Crippen LogP contribution in [0.2, 0.25) is 0 Å². The minimum absolute atomic E-state index is 0.0475. The molecule has 1 aliphatic heterocycles. The molecule has 2 aromatic carbocycles. The molecule has 3 heterocycles. The van der Waals surface area contributed by atoms with E-state index in [-0.39, 0.29) is 33.9 Å². The van der Waals surface area contributed by atoms with Gasteiger partial charge in [0.05, 0.1) is 41.3 Å². The molecule has 306 valence electrons. The van der Waals surface area contributed by atoms with E-state index >= 15 is 0 Å². The minimum atomic E-state index is -3.54. The highest BCUT2D eigenvalue weighted by Gasteiger charge is 2.37. The Hall–Kier alpha value is -5.35. The van der Waals surface area contributed by atoms with E-state index in [1.54, 1.807) is 78.5 Å². The molecule has 16 heteroatoms. The van der Waals surface area contributed by atoms with E-state index in [1.807, 2.05) is 45.0 Å². The Morgan fingerprint density at radius 1 is 0.807 bits per heavy atom. The summed E-state index contributed by atoms with van der Waals surface area (Å²) in [6.45, 7) is 19.7. The average molecular weight is 806 g/mol. The van der Waals surface area contributed by atoms with Crippen molar-refractivity contribution in [1.82, 2.24) is 20.0 Å². The van der Waals surface area contributed by atoms with Gasteiger partial charge in [0, 0.05) is 23.7 Å². The lowest BCUT2D eigenvalue weighted by Gasteiger charge is -2.36. The molecule has 1 fully saturated rings. The molecule has 0 spiro atoms. The Morgan fingerprint density at radius 2 is 1.35 bits per heavy atom. The Labute approximate surface area is 333 Å². The number of aromatic nitrogens is 3. The first-order chi connectivity index (χ1) is 26.4. The SMILES string of the molecule is CC(C)S(=O)(=O)c1ccc(-c2cnc(N(C(=O)OC(C)(C)C)C(=O)OC(C)(C)C)c(-c3cc(-c4ccc([C@@H]5COCCN5C(=O)OC(C)(C)C)cc4)no3)n2)cc1. The van der Waals surface area contributed by atoms with Gasteiger partial charge < -0.3 is 23.5 Å². The van der Waals surface area contributed by atoms with Crippen molar-refractivity contribution in [1.29, 1.82) is 0 Å². The molecule has 57 heavy (non-hydrogen) atoms. The van der Waals surface area contributed by atoms with Gasteiger partial charge in [0.15, 0.2) is 27.1 Å². The first-order valence-electron chi connectivity index (χ1n) is 18.6. The van der Waals surface area contributed by atoms with Crippen LogP contribution in [-0.2, 0) is 28.8 Å². The van der Waals surface area contributed by atoms with Gasteiger partial charge in [-0.2, -0.15) is 4.90 Å². The van der Waals surface area contributed by atoms with Crippen molar-refractivity contribution in [2.24, 2.45) is 0 Å². The normalized spacial score (nSPS) is 15.3. The summed E-state index contributed by atoms with van der Waals surface area (Å²) in [5, 5.41) is 3.67. The summed E-state index contributed by atoms with van der Waals surface area (Å²) < 4.78 is 54.0. The number of morpholine rings is 1. The van der Waals surface area contributed by atoms with Crippen LogP contribution in [0, 0.1) is 0 Å². The topological polar surface area (TPSA) is 181 Å². The maximum Gasteiger partial charge on any atom is 0.425 e. The van der Waals surface area contributed by atoms with Gasteiger partial charge in [-0.05, 0) is 93.9 Å².